The first-order valence-electron chi connectivity index (χ1n) is 10.2. The van der Waals surface area contributed by atoms with Gasteiger partial charge in [0, 0.05) is 17.4 Å². The molecule has 33 heavy (non-hydrogen) atoms. The Hall–Kier alpha value is -3.03. The first kappa shape index (κ1) is 23.1. The maximum atomic E-state index is 13.2. The summed E-state index contributed by atoms with van der Waals surface area (Å²) in [6.07, 6.45) is 0.911. The van der Waals surface area contributed by atoms with E-state index in [1.54, 1.807) is 24.0 Å². The number of rotatable bonds is 7. The highest BCUT2D eigenvalue weighted by Crippen LogP contribution is 2.34. The third-order valence-corrected chi connectivity index (χ3v) is 6.66. The maximum absolute atomic E-state index is 13.2. The Bertz CT molecular complexity index is 1210. The highest BCUT2D eigenvalue weighted by molar-refractivity contribution is 7.98. The van der Waals surface area contributed by atoms with Crippen LogP contribution < -0.4 is 10.1 Å². The van der Waals surface area contributed by atoms with E-state index in [-0.39, 0.29) is 28.2 Å². The van der Waals surface area contributed by atoms with Gasteiger partial charge in [0.15, 0.2) is 5.11 Å². The topological polar surface area (TPSA) is 78.2 Å². The summed E-state index contributed by atoms with van der Waals surface area (Å²) in [6, 6.07) is 8.92. The molecule has 2 heterocycles. The number of amides is 1. The number of ether oxygens (including phenoxy) is 1. The molecule has 1 saturated heterocycles. The van der Waals surface area contributed by atoms with Crippen LogP contribution in [0.25, 0.3) is 6.08 Å². The van der Waals surface area contributed by atoms with Crippen molar-refractivity contribution in [1.82, 2.24) is 15.2 Å². The number of hydrogen-bond donors (Lipinski definition) is 1. The van der Waals surface area contributed by atoms with Crippen LogP contribution in [0.5, 0.6) is 5.75 Å². The number of alkyl halides is 2. The van der Waals surface area contributed by atoms with Crippen LogP contribution in [-0.2, 0) is 10.5 Å². The molecular formula is C23H20F2N4O2S2. The van der Waals surface area contributed by atoms with Gasteiger partial charge in [-0.15, -0.1) is 11.8 Å². The van der Waals surface area contributed by atoms with E-state index in [0.717, 1.165) is 24.0 Å². The minimum absolute atomic E-state index is 0.142. The van der Waals surface area contributed by atoms with Gasteiger partial charge in [-0.1, -0.05) is 6.07 Å². The van der Waals surface area contributed by atoms with E-state index in [9.17, 15) is 18.8 Å². The lowest BCUT2D eigenvalue weighted by atomic mass is 10.1. The van der Waals surface area contributed by atoms with Gasteiger partial charge >= 0.3 is 0 Å². The van der Waals surface area contributed by atoms with Gasteiger partial charge in [0.05, 0.1) is 12.7 Å². The van der Waals surface area contributed by atoms with Crippen LogP contribution in [0.3, 0.4) is 0 Å². The van der Waals surface area contributed by atoms with Gasteiger partial charge in [0.25, 0.3) is 12.3 Å². The summed E-state index contributed by atoms with van der Waals surface area (Å²) < 4.78 is 31.9. The number of pyridine rings is 1. The molecule has 1 N–H and O–H groups in total. The lowest BCUT2D eigenvalue weighted by molar-refractivity contribution is -0.122. The predicted molar refractivity (Wildman–Crippen MR) is 125 cm³/mol. The van der Waals surface area contributed by atoms with Gasteiger partial charge in [0.1, 0.15) is 28.2 Å². The van der Waals surface area contributed by atoms with Crippen molar-refractivity contribution in [2.75, 3.05) is 7.11 Å². The largest absolute Gasteiger partial charge is 0.496 e. The average molecular weight is 487 g/mol. The Morgan fingerprint density at radius 2 is 2.18 bits per heavy atom. The predicted octanol–water partition coefficient (Wildman–Crippen LogP) is 4.72. The van der Waals surface area contributed by atoms with E-state index >= 15 is 0 Å². The number of carbonyl (C=O) groups is 1. The van der Waals surface area contributed by atoms with Crippen LogP contribution >= 0.6 is 24.0 Å². The third-order valence-electron chi connectivity index (χ3n) is 5.34. The molecule has 2 aromatic rings. The minimum atomic E-state index is -2.72. The SMILES string of the molecule is COc1ccc(/C=C2/NC(=S)N(C3CC3)C2=O)cc1CSc1nc(C(F)F)cc(C)c1C#N. The molecule has 2 aliphatic rings. The maximum Gasteiger partial charge on any atom is 0.280 e. The van der Waals surface area contributed by atoms with E-state index in [1.807, 2.05) is 12.1 Å². The minimum Gasteiger partial charge on any atom is -0.496 e. The summed E-state index contributed by atoms with van der Waals surface area (Å²) in [5.41, 5.74) is 2.31. The number of aromatic nitrogens is 1. The second kappa shape index (κ2) is 9.45. The molecule has 1 aromatic heterocycles. The van der Waals surface area contributed by atoms with Gasteiger partial charge in [-0.05, 0) is 67.4 Å². The first-order valence-corrected chi connectivity index (χ1v) is 11.6. The number of nitrogens with one attached hydrogen (secondary N) is 1. The molecular weight excluding hydrogens is 466 g/mol. The standard InChI is InChI=1S/C23H20F2N4O2S2/c1-12-7-17(20(24)25)27-21(16(12)10-26)33-11-14-8-13(3-6-19(14)31-2)9-18-22(30)29(15-4-5-15)23(32)28-18/h3,6-9,15,20H,4-5,11H2,1-2H3,(H,28,32)/b18-9+. The number of aryl methyl sites for hydroxylation is 1. The molecule has 0 spiro atoms. The van der Waals surface area contributed by atoms with Crippen molar-refractivity contribution in [3.05, 3.63) is 57.9 Å². The molecule has 1 aromatic carbocycles. The van der Waals surface area contributed by atoms with Crippen molar-refractivity contribution in [2.45, 2.75) is 43.0 Å². The fourth-order valence-electron chi connectivity index (χ4n) is 3.55. The summed E-state index contributed by atoms with van der Waals surface area (Å²) in [4.78, 5) is 18.3. The Morgan fingerprint density at radius 3 is 2.82 bits per heavy atom. The zero-order chi connectivity index (χ0) is 23.7. The number of benzene rings is 1. The van der Waals surface area contributed by atoms with Crippen molar-refractivity contribution in [3.8, 4) is 11.8 Å². The van der Waals surface area contributed by atoms with Crippen LogP contribution in [0.2, 0.25) is 0 Å². The van der Waals surface area contributed by atoms with E-state index in [1.165, 1.54) is 24.9 Å². The second-order valence-electron chi connectivity index (χ2n) is 7.71. The zero-order valence-electron chi connectivity index (χ0n) is 17.9. The zero-order valence-corrected chi connectivity index (χ0v) is 19.5. The number of nitriles is 1. The molecule has 1 saturated carbocycles. The normalized spacial score (nSPS) is 17.0. The van der Waals surface area contributed by atoms with E-state index in [0.29, 0.717) is 27.9 Å². The fourth-order valence-corrected chi connectivity index (χ4v) is 4.93. The van der Waals surface area contributed by atoms with Crippen molar-refractivity contribution in [2.24, 2.45) is 0 Å². The van der Waals surface area contributed by atoms with Crippen molar-refractivity contribution < 1.29 is 18.3 Å². The van der Waals surface area contributed by atoms with Gasteiger partial charge in [-0.3, -0.25) is 9.69 Å². The number of carbonyl (C=O) groups excluding carboxylic acids is 1. The number of hydrogen-bond acceptors (Lipinski definition) is 6. The summed E-state index contributed by atoms with van der Waals surface area (Å²) in [5.74, 6) is 0.796. The molecule has 0 radical (unpaired) electrons. The van der Waals surface area contributed by atoms with Gasteiger partial charge in [-0.25, -0.2) is 13.8 Å². The molecule has 170 valence electrons. The highest BCUT2D eigenvalue weighted by atomic mass is 32.2. The molecule has 1 amide bonds. The molecule has 1 aliphatic carbocycles. The van der Waals surface area contributed by atoms with Crippen LogP contribution in [0.1, 0.15) is 47.2 Å². The molecule has 1 aliphatic heterocycles. The molecule has 0 bridgehead atoms. The number of thiocarbonyl (C=S) groups is 1. The molecule has 6 nitrogen and oxygen atoms in total. The van der Waals surface area contributed by atoms with Crippen molar-refractivity contribution in [3.63, 3.8) is 0 Å². The monoisotopic (exact) mass is 486 g/mol. The highest BCUT2D eigenvalue weighted by Gasteiger charge is 2.41. The summed E-state index contributed by atoms with van der Waals surface area (Å²) in [5, 5.41) is 13.1. The Morgan fingerprint density at radius 1 is 1.42 bits per heavy atom. The molecule has 4 rings (SSSR count). The summed E-state index contributed by atoms with van der Waals surface area (Å²) >= 11 is 6.48. The van der Waals surface area contributed by atoms with Gasteiger partial charge in [0.2, 0.25) is 0 Å². The first-order chi connectivity index (χ1) is 15.8. The second-order valence-corrected chi connectivity index (χ2v) is 9.06. The average Bonchev–Trinajstić information content (AvgIpc) is 3.57. The molecule has 0 atom stereocenters. The fraction of sp³-hybridized carbons (Fsp3) is 0.304. The van der Waals surface area contributed by atoms with Gasteiger partial charge < -0.3 is 10.1 Å². The Balaban J connectivity index is 1.59. The van der Waals surface area contributed by atoms with Crippen molar-refractivity contribution >= 4 is 41.1 Å². The van der Waals surface area contributed by atoms with Crippen LogP contribution in [-0.4, -0.2) is 34.1 Å². The number of nitrogens with zero attached hydrogens (tertiary/aromatic N) is 3. The quantitative estimate of drug-likeness (QED) is 0.345. The molecule has 0 unspecified atom stereocenters. The van der Waals surface area contributed by atoms with E-state index < -0.39 is 6.43 Å². The smallest absolute Gasteiger partial charge is 0.280 e. The van der Waals surface area contributed by atoms with Crippen LogP contribution in [0, 0.1) is 18.3 Å². The lowest BCUT2D eigenvalue weighted by Crippen LogP contribution is -2.32. The number of halogens is 2. The van der Waals surface area contributed by atoms with Gasteiger partial charge in [-0.2, -0.15) is 5.26 Å². The summed E-state index contributed by atoms with van der Waals surface area (Å²) in [7, 11) is 1.54. The number of thioether (sulfide) groups is 1. The summed E-state index contributed by atoms with van der Waals surface area (Å²) in [6.45, 7) is 1.62. The van der Waals surface area contributed by atoms with E-state index in [2.05, 4.69) is 16.4 Å². The Kier molecular flexibility index (Phi) is 6.63. The van der Waals surface area contributed by atoms with E-state index in [4.69, 9.17) is 17.0 Å². The third kappa shape index (κ3) is 4.84. The number of methoxy groups -OCH3 is 1. The van der Waals surface area contributed by atoms with Crippen LogP contribution in [0.15, 0.2) is 35.0 Å². The molecule has 2 fully saturated rings. The van der Waals surface area contributed by atoms with Crippen LogP contribution in [0.4, 0.5) is 8.78 Å². The lowest BCUT2D eigenvalue weighted by Gasteiger charge is -2.12. The molecule has 10 heteroatoms. The Labute approximate surface area is 199 Å². The van der Waals surface area contributed by atoms with Crippen molar-refractivity contribution in [1.29, 1.82) is 5.26 Å².